The fourth-order valence-corrected chi connectivity index (χ4v) is 6.44. The highest BCUT2D eigenvalue weighted by atomic mass is 32.2. The van der Waals surface area contributed by atoms with Crippen LogP contribution in [0, 0.1) is 0 Å². The van der Waals surface area contributed by atoms with Gasteiger partial charge in [-0.25, -0.2) is 16.8 Å². The number of rotatable bonds is 7. The monoisotopic (exact) mass is 420 g/mol. The summed E-state index contributed by atoms with van der Waals surface area (Å²) in [7, 11) is -6.62. The van der Waals surface area contributed by atoms with Crippen LogP contribution in [-0.4, -0.2) is 69.3 Å². The van der Waals surface area contributed by atoms with E-state index >= 15 is 0 Å². The quantitative estimate of drug-likeness (QED) is 0.622. The molecule has 0 aliphatic carbocycles. The van der Waals surface area contributed by atoms with Crippen LogP contribution in [0.1, 0.15) is 13.3 Å². The third kappa shape index (κ3) is 4.96. The Kier molecular flexibility index (Phi) is 6.12. The average molecular weight is 420 g/mol. The number of hydrogen-bond donors (Lipinski definition) is 2. The highest BCUT2D eigenvalue weighted by Gasteiger charge is 2.41. The Bertz CT molecular complexity index is 956. The van der Waals surface area contributed by atoms with Crippen LogP contribution in [0.15, 0.2) is 23.1 Å². The number of nitrogens with zero attached hydrogens (tertiary/aromatic N) is 1. The molecule has 1 atom stereocenters. The van der Waals surface area contributed by atoms with E-state index in [1.807, 2.05) is 0 Å². The van der Waals surface area contributed by atoms with Crippen molar-refractivity contribution in [3.63, 3.8) is 0 Å². The van der Waals surface area contributed by atoms with E-state index in [1.54, 1.807) is 0 Å². The summed E-state index contributed by atoms with van der Waals surface area (Å²) in [6, 6.07) is 2.90. The van der Waals surface area contributed by atoms with E-state index in [-0.39, 0.29) is 28.5 Å². The minimum atomic E-state index is -4.42. The molecule has 0 saturated carbocycles. The van der Waals surface area contributed by atoms with Crippen molar-refractivity contribution < 1.29 is 36.3 Å². The lowest BCUT2D eigenvalue weighted by atomic mass is 10.2. The highest BCUT2D eigenvalue weighted by Crippen LogP contribution is 2.32. The number of sulfone groups is 1. The number of aliphatic carboxylic acids is 1. The van der Waals surface area contributed by atoms with E-state index in [1.165, 1.54) is 26.2 Å². The molecule has 1 heterocycles. The van der Waals surface area contributed by atoms with Gasteiger partial charge in [-0.05, 0) is 24.6 Å². The number of anilines is 1. The molecule has 2 N–H and O–H groups in total. The minimum absolute atomic E-state index is 0.00253. The van der Waals surface area contributed by atoms with Crippen LogP contribution < -0.4 is 10.1 Å². The number of carbonyl (C=O) groups excluding carboxylic acids is 1. The van der Waals surface area contributed by atoms with Crippen LogP contribution in [0.2, 0.25) is 0 Å². The number of hydrogen-bond acceptors (Lipinski definition) is 7. The van der Waals surface area contributed by atoms with Crippen LogP contribution in [0.25, 0.3) is 0 Å². The van der Waals surface area contributed by atoms with Gasteiger partial charge in [-0.15, -0.1) is 0 Å². The molecular weight excluding hydrogens is 400 g/mol. The Morgan fingerprint density at radius 1 is 1.37 bits per heavy atom. The fraction of sp³-hybridized carbons (Fsp3) is 0.467. The summed E-state index contributed by atoms with van der Waals surface area (Å²) >= 11 is 0. The number of carbonyl (C=O) groups is 2. The van der Waals surface area contributed by atoms with E-state index < -0.39 is 50.1 Å². The van der Waals surface area contributed by atoms with Crippen LogP contribution in [0.3, 0.4) is 0 Å². The van der Waals surface area contributed by atoms with Crippen molar-refractivity contribution in [2.75, 3.05) is 30.5 Å². The lowest BCUT2D eigenvalue weighted by molar-refractivity contribution is -0.137. The molecule has 0 bridgehead atoms. The number of nitrogens with one attached hydrogen (secondary N) is 1. The van der Waals surface area contributed by atoms with E-state index in [2.05, 4.69) is 5.32 Å². The van der Waals surface area contributed by atoms with Gasteiger partial charge in [-0.1, -0.05) is 0 Å². The molecular formula is C15H20N2O8S2. The van der Waals surface area contributed by atoms with Crippen molar-refractivity contribution in [1.29, 1.82) is 0 Å². The maximum atomic E-state index is 13.2. The molecule has 1 saturated heterocycles. The Hall–Kier alpha value is -2.18. The summed E-state index contributed by atoms with van der Waals surface area (Å²) in [5.74, 6) is -2.56. The van der Waals surface area contributed by atoms with Gasteiger partial charge < -0.3 is 15.2 Å². The first kappa shape index (κ1) is 21.1. The summed E-state index contributed by atoms with van der Waals surface area (Å²) in [6.07, 6.45) is 0.00253. The topological polar surface area (TPSA) is 147 Å². The number of ether oxygens (including phenoxy) is 1. The molecule has 0 radical (unpaired) electrons. The van der Waals surface area contributed by atoms with Crippen molar-refractivity contribution >= 4 is 37.4 Å². The lowest BCUT2D eigenvalue weighted by Crippen LogP contribution is -2.44. The molecule has 1 fully saturated rings. The Labute approximate surface area is 157 Å². The summed E-state index contributed by atoms with van der Waals surface area (Å²) in [5, 5.41) is 11.6. The largest absolute Gasteiger partial charge is 0.495 e. The maximum absolute atomic E-state index is 13.2. The normalized spacial score (nSPS) is 19.0. The predicted octanol–water partition coefficient (Wildman–Crippen LogP) is -0.0840. The molecule has 0 unspecified atom stereocenters. The van der Waals surface area contributed by atoms with E-state index in [0.29, 0.717) is 4.31 Å². The van der Waals surface area contributed by atoms with Gasteiger partial charge >= 0.3 is 5.97 Å². The number of methoxy groups -OCH3 is 1. The Balaban J connectivity index is 2.54. The molecule has 0 spiro atoms. The Morgan fingerprint density at radius 2 is 2.04 bits per heavy atom. The second kappa shape index (κ2) is 7.82. The highest BCUT2D eigenvalue weighted by molar-refractivity contribution is 7.92. The summed E-state index contributed by atoms with van der Waals surface area (Å²) in [6.45, 7) is 0.356. The molecule has 27 heavy (non-hydrogen) atoms. The van der Waals surface area contributed by atoms with Crippen molar-refractivity contribution in [2.45, 2.75) is 24.3 Å². The summed E-state index contributed by atoms with van der Waals surface area (Å²) < 4.78 is 55.5. The van der Waals surface area contributed by atoms with Crippen LogP contribution >= 0.6 is 0 Å². The van der Waals surface area contributed by atoms with Crippen LogP contribution in [0.4, 0.5) is 5.69 Å². The van der Waals surface area contributed by atoms with Gasteiger partial charge in [0.05, 0.1) is 18.6 Å². The fourth-order valence-electron chi connectivity index (χ4n) is 2.83. The van der Waals surface area contributed by atoms with Gasteiger partial charge in [-0.2, -0.15) is 4.31 Å². The van der Waals surface area contributed by atoms with E-state index in [4.69, 9.17) is 9.84 Å². The molecule has 1 aromatic carbocycles. The van der Waals surface area contributed by atoms with Crippen LogP contribution in [0.5, 0.6) is 5.75 Å². The van der Waals surface area contributed by atoms with Crippen molar-refractivity contribution in [2.24, 2.45) is 0 Å². The first-order valence-corrected chi connectivity index (χ1v) is 11.1. The molecule has 2 rings (SSSR count). The predicted molar refractivity (Wildman–Crippen MR) is 95.9 cm³/mol. The van der Waals surface area contributed by atoms with Crippen molar-refractivity contribution in [3.05, 3.63) is 18.2 Å². The van der Waals surface area contributed by atoms with Gasteiger partial charge in [0.15, 0.2) is 9.84 Å². The second-order valence-corrected chi connectivity index (χ2v) is 10.1. The SMILES string of the molecule is COc1ccc(NC(C)=O)cc1S(=O)(=O)N(CC(=O)O)[C@H]1CCS(=O)(=O)C1. The zero-order valence-electron chi connectivity index (χ0n) is 14.7. The van der Waals surface area contributed by atoms with Crippen molar-refractivity contribution in [1.82, 2.24) is 4.31 Å². The number of carboxylic acid groups (broad SMARTS) is 1. The third-order valence-electron chi connectivity index (χ3n) is 3.98. The standard InChI is InChI=1S/C15H20N2O8S2/c1-10(18)16-11-3-4-13(25-2)14(7-11)27(23,24)17(8-15(19)20)12-5-6-26(21,22)9-12/h3-4,7,12H,5-6,8-9H2,1-2H3,(H,16,18)(H,19,20)/t12-/m0/s1. The van der Waals surface area contributed by atoms with Gasteiger partial charge in [0.1, 0.15) is 17.2 Å². The third-order valence-corrected chi connectivity index (χ3v) is 7.65. The number of benzene rings is 1. The average Bonchev–Trinajstić information content (AvgIpc) is 2.91. The maximum Gasteiger partial charge on any atom is 0.318 e. The van der Waals surface area contributed by atoms with Crippen LogP contribution in [-0.2, 0) is 29.4 Å². The van der Waals surface area contributed by atoms with Crippen molar-refractivity contribution in [3.8, 4) is 5.75 Å². The van der Waals surface area contributed by atoms with Gasteiger partial charge in [0.2, 0.25) is 15.9 Å². The molecule has 150 valence electrons. The molecule has 1 aliphatic heterocycles. The summed E-state index contributed by atoms with van der Waals surface area (Å²) in [5.41, 5.74) is 0.177. The van der Waals surface area contributed by atoms with Gasteiger partial charge in [0.25, 0.3) is 0 Å². The minimum Gasteiger partial charge on any atom is -0.495 e. The smallest absolute Gasteiger partial charge is 0.318 e. The van der Waals surface area contributed by atoms with E-state index in [0.717, 1.165) is 6.07 Å². The number of amides is 1. The molecule has 0 aromatic heterocycles. The zero-order chi connectivity index (χ0) is 20.4. The Morgan fingerprint density at radius 3 is 2.52 bits per heavy atom. The second-order valence-electron chi connectivity index (χ2n) is 6.05. The molecule has 10 nitrogen and oxygen atoms in total. The molecule has 12 heteroatoms. The first-order valence-electron chi connectivity index (χ1n) is 7.86. The van der Waals surface area contributed by atoms with Gasteiger partial charge in [-0.3, -0.25) is 9.59 Å². The molecule has 1 aromatic rings. The number of carboxylic acids is 1. The number of sulfonamides is 1. The van der Waals surface area contributed by atoms with E-state index in [9.17, 15) is 26.4 Å². The molecule has 1 amide bonds. The zero-order valence-corrected chi connectivity index (χ0v) is 16.3. The first-order chi connectivity index (χ1) is 12.5. The summed E-state index contributed by atoms with van der Waals surface area (Å²) in [4.78, 5) is 22.1. The van der Waals surface area contributed by atoms with Gasteiger partial charge in [0, 0.05) is 18.7 Å². The lowest BCUT2D eigenvalue weighted by Gasteiger charge is -2.26. The molecule has 1 aliphatic rings.